The summed E-state index contributed by atoms with van der Waals surface area (Å²) in [5.74, 6) is 0. The summed E-state index contributed by atoms with van der Waals surface area (Å²) in [4.78, 5) is 0.248. The van der Waals surface area contributed by atoms with Crippen molar-refractivity contribution in [2.24, 2.45) is 0 Å². The molecule has 0 aliphatic heterocycles. The molecule has 0 unspecified atom stereocenters. The minimum absolute atomic E-state index is 0.0445. The van der Waals surface area contributed by atoms with Crippen molar-refractivity contribution in [1.82, 2.24) is 0 Å². The molecule has 10 heteroatoms. The Labute approximate surface area is 161 Å². The van der Waals surface area contributed by atoms with Crippen molar-refractivity contribution in [3.63, 3.8) is 0 Å². The lowest BCUT2D eigenvalue weighted by molar-refractivity contribution is -0.138. The van der Waals surface area contributed by atoms with Crippen molar-refractivity contribution in [3.8, 4) is 0 Å². The summed E-state index contributed by atoms with van der Waals surface area (Å²) in [5, 5.41) is 5.26. The van der Waals surface area contributed by atoms with Crippen molar-refractivity contribution in [2.45, 2.75) is 18.8 Å². The zero-order valence-electron chi connectivity index (χ0n) is 13.4. The monoisotopic (exact) mass is 422 g/mol. The fourth-order valence-corrected chi connectivity index (χ4v) is 2.72. The van der Waals surface area contributed by atoms with Crippen LogP contribution in [0.4, 0.5) is 37.7 Å². The number of benzene rings is 2. The van der Waals surface area contributed by atoms with E-state index in [1.807, 2.05) is 0 Å². The molecule has 2 N–H and O–H groups in total. The number of anilines is 2. The van der Waals surface area contributed by atoms with Crippen molar-refractivity contribution in [1.29, 1.82) is 0 Å². The molecule has 144 valence electrons. The van der Waals surface area contributed by atoms with Crippen LogP contribution in [0.25, 0.3) is 0 Å². The molecule has 0 fully saturated rings. The lowest BCUT2D eigenvalue weighted by Crippen LogP contribution is -2.19. The standard InChI is InChI=1S/C17H12F6N2S2/c18-16(19,20)10-3-1-5-12(7-10)24-14(26)9-15(27)25-13-6-2-4-11(8-13)17(21,22)23/h1-8H,9H2,(H,24,26)(H,25,27). The number of alkyl halides is 6. The molecule has 0 amide bonds. The Kier molecular flexibility index (Phi) is 6.42. The van der Waals surface area contributed by atoms with Gasteiger partial charge in [-0.2, -0.15) is 26.3 Å². The third kappa shape index (κ3) is 6.47. The molecule has 0 saturated carbocycles. The van der Waals surface area contributed by atoms with Gasteiger partial charge in [0.1, 0.15) is 0 Å². The number of rotatable bonds is 4. The van der Waals surface area contributed by atoms with Crippen LogP contribution in [-0.2, 0) is 12.4 Å². The van der Waals surface area contributed by atoms with E-state index < -0.39 is 23.5 Å². The van der Waals surface area contributed by atoms with Gasteiger partial charge < -0.3 is 10.6 Å². The predicted molar refractivity (Wildman–Crippen MR) is 99.9 cm³/mol. The van der Waals surface area contributed by atoms with Gasteiger partial charge in [0, 0.05) is 17.8 Å². The topological polar surface area (TPSA) is 24.1 Å². The largest absolute Gasteiger partial charge is 0.416 e. The maximum atomic E-state index is 12.7. The second-order valence-corrected chi connectivity index (χ2v) is 6.42. The van der Waals surface area contributed by atoms with Crippen LogP contribution in [-0.4, -0.2) is 9.98 Å². The molecule has 0 radical (unpaired) electrons. The second-order valence-electron chi connectivity index (χ2n) is 5.43. The van der Waals surface area contributed by atoms with Crippen LogP contribution in [0, 0.1) is 0 Å². The van der Waals surface area contributed by atoms with Gasteiger partial charge in [-0.3, -0.25) is 0 Å². The summed E-state index contributed by atoms with van der Waals surface area (Å²) in [5.41, 5.74) is -1.40. The smallest absolute Gasteiger partial charge is 0.350 e. The van der Waals surface area contributed by atoms with E-state index >= 15 is 0 Å². The van der Waals surface area contributed by atoms with Crippen molar-refractivity contribution < 1.29 is 26.3 Å². The quantitative estimate of drug-likeness (QED) is 0.447. The maximum absolute atomic E-state index is 12.7. The summed E-state index contributed by atoms with van der Waals surface area (Å²) in [7, 11) is 0. The van der Waals surface area contributed by atoms with E-state index in [4.69, 9.17) is 24.4 Å². The first-order chi connectivity index (χ1) is 12.4. The van der Waals surface area contributed by atoms with Gasteiger partial charge in [-0.15, -0.1) is 0 Å². The van der Waals surface area contributed by atoms with Gasteiger partial charge in [-0.25, -0.2) is 0 Å². The third-order valence-corrected chi connectivity index (χ3v) is 3.76. The minimum Gasteiger partial charge on any atom is -0.350 e. The van der Waals surface area contributed by atoms with Gasteiger partial charge in [0.2, 0.25) is 0 Å². The van der Waals surface area contributed by atoms with E-state index in [0.717, 1.165) is 24.3 Å². The fourth-order valence-electron chi connectivity index (χ4n) is 2.10. The average molecular weight is 422 g/mol. The Morgan fingerprint density at radius 3 is 1.41 bits per heavy atom. The van der Waals surface area contributed by atoms with E-state index in [-0.39, 0.29) is 27.8 Å². The minimum atomic E-state index is -4.49. The van der Waals surface area contributed by atoms with Gasteiger partial charge in [0.15, 0.2) is 0 Å². The molecular formula is C17H12F6N2S2. The van der Waals surface area contributed by atoms with Crippen LogP contribution < -0.4 is 10.6 Å². The summed E-state index contributed by atoms with van der Waals surface area (Å²) < 4.78 is 76.2. The fraction of sp³-hybridized carbons (Fsp3) is 0.176. The molecule has 2 nitrogen and oxygen atoms in total. The lowest BCUT2D eigenvalue weighted by Gasteiger charge is -2.13. The predicted octanol–water partition coefficient (Wildman–Crippen LogP) is 6.29. The van der Waals surface area contributed by atoms with Gasteiger partial charge in [0.25, 0.3) is 0 Å². The van der Waals surface area contributed by atoms with Crippen molar-refractivity contribution >= 4 is 45.8 Å². The van der Waals surface area contributed by atoms with Crippen molar-refractivity contribution in [2.75, 3.05) is 10.6 Å². The maximum Gasteiger partial charge on any atom is 0.416 e. The Bertz CT molecular complexity index is 776. The van der Waals surface area contributed by atoms with Crippen LogP contribution in [0.15, 0.2) is 48.5 Å². The number of thiocarbonyl (C=S) groups is 2. The van der Waals surface area contributed by atoms with Crippen LogP contribution in [0.2, 0.25) is 0 Å². The summed E-state index contributed by atoms with van der Waals surface area (Å²) >= 11 is 10.1. The molecule has 0 heterocycles. The van der Waals surface area contributed by atoms with Crippen LogP contribution >= 0.6 is 24.4 Å². The molecule has 0 saturated heterocycles. The van der Waals surface area contributed by atoms with Crippen LogP contribution in [0.3, 0.4) is 0 Å². The Morgan fingerprint density at radius 2 is 1.07 bits per heavy atom. The molecule has 0 atom stereocenters. The summed E-state index contributed by atoms with van der Waals surface area (Å²) in [6, 6.07) is 8.92. The molecule has 0 aromatic heterocycles. The SMILES string of the molecule is FC(F)(F)c1cccc(NC(=S)CC(=S)Nc2cccc(C(F)(F)F)c2)c1. The molecule has 27 heavy (non-hydrogen) atoms. The highest BCUT2D eigenvalue weighted by Crippen LogP contribution is 2.31. The summed E-state index contributed by atoms with van der Waals surface area (Å²) in [6.45, 7) is 0. The second kappa shape index (κ2) is 8.22. The highest BCUT2D eigenvalue weighted by molar-refractivity contribution is 7.82. The first kappa shape index (κ1) is 21.1. The first-order valence-corrected chi connectivity index (χ1v) is 8.21. The Hall–Kier alpha value is -2.20. The highest BCUT2D eigenvalue weighted by atomic mass is 32.1. The van der Waals surface area contributed by atoms with Gasteiger partial charge in [-0.1, -0.05) is 36.6 Å². The van der Waals surface area contributed by atoms with Gasteiger partial charge in [0.05, 0.1) is 21.1 Å². The molecule has 0 aliphatic carbocycles. The number of hydrogen-bond acceptors (Lipinski definition) is 2. The Balaban J connectivity index is 1.98. The molecule has 2 rings (SSSR count). The van der Waals surface area contributed by atoms with E-state index in [1.54, 1.807) is 0 Å². The zero-order chi connectivity index (χ0) is 20.2. The van der Waals surface area contributed by atoms with Gasteiger partial charge >= 0.3 is 12.4 Å². The summed E-state index contributed by atoms with van der Waals surface area (Å²) in [6.07, 6.45) is -9.02. The lowest BCUT2D eigenvalue weighted by atomic mass is 10.2. The highest BCUT2D eigenvalue weighted by Gasteiger charge is 2.31. The van der Waals surface area contributed by atoms with Gasteiger partial charge in [-0.05, 0) is 36.4 Å². The number of nitrogens with one attached hydrogen (secondary N) is 2. The molecule has 0 spiro atoms. The number of halogens is 6. The molecule has 2 aromatic carbocycles. The zero-order valence-corrected chi connectivity index (χ0v) is 15.0. The van der Waals surface area contributed by atoms with E-state index in [2.05, 4.69) is 10.6 Å². The molecule has 0 aliphatic rings. The first-order valence-electron chi connectivity index (χ1n) is 7.39. The van der Waals surface area contributed by atoms with E-state index in [1.165, 1.54) is 24.3 Å². The third-order valence-electron chi connectivity index (χ3n) is 3.27. The van der Waals surface area contributed by atoms with E-state index in [0.29, 0.717) is 0 Å². The average Bonchev–Trinajstić information content (AvgIpc) is 2.53. The molecule has 2 aromatic rings. The molecular weight excluding hydrogens is 410 g/mol. The number of hydrogen-bond donors (Lipinski definition) is 2. The normalized spacial score (nSPS) is 11.8. The van der Waals surface area contributed by atoms with Crippen LogP contribution in [0.5, 0.6) is 0 Å². The van der Waals surface area contributed by atoms with Crippen molar-refractivity contribution in [3.05, 3.63) is 59.7 Å². The van der Waals surface area contributed by atoms with Crippen LogP contribution in [0.1, 0.15) is 17.5 Å². The Morgan fingerprint density at radius 1 is 0.704 bits per heavy atom. The van der Waals surface area contributed by atoms with E-state index in [9.17, 15) is 26.3 Å². The molecule has 0 bridgehead atoms.